The van der Waals surface area contributed by atoms with E-state index in [1.165, 1.54) is 0 Å². The summed E-state index contributed by atoms with van der Waals surface area (Å²) < 4.78 is 5.28. The Kier molecular flexibility index (Phi) is 4.75. The molecule has 7 heteroatoms. The molecule has 1 aromatic carbocycles. The second-order valence-corrected chi connectivity index (χ2v) is 9.22. The van der Waals surface area contributed by atoms with Crippen LogP contribution in [-0.4, -0.2) is 35.0 Å². The van der Waals surface area contributed by atoms with Gasteiger partial charge in [0.25, 0.3) is 0 Å². The molecule has 1 unspecified atom stereocenters. The fourth-order valence-electron chi connectivity index (χ4n) is 3.96. The zero-order valence-electron chi connectivity index (χ0n) is 16.0. The zero-order valence-corrected chi connectivity index (χ0v) is 16.8. The lowest BCUT2D eigenvalue weighted by Gasteiger charge is -2.68. The molecule has 3 aliphatic carbocycles. The molecule has 2 amide bonds. The Morgan fingerprint density at radius 2 is 1.67 bits per heavy atom. The van der Waals surface area contributed by atoms with E-state index in [1.54, 1.807) is 31.2 Å². The lowest BCUT2D eigenvalue weighted by Crippen LogP contribution is -2.78. The number of halogens is 1. The number of ketones is 1. The van der Waals surface area contributed by atoms with Gasteiger partial charge in [-0.25, -0.2) is 4.79 Å². The molecule has 3 aliphatic rings. The Morgan fingerprint density at radius 3 is 2.19 bits per heavy atom. The van der Waals surface area contributed by atoms with E-state index in [9.17, 15) is 14.4 Å². The molecule has 2 bridgehead atoms. The zero-order chi connectivity index (χ0) is 20.0. The maximum absolute atomic E-state index is 12.6. The number of hydrogen-bond acceptors (Lipinski definition) is 4. The molecule has 146 valence electrons. The Hall–Kier alpha value is -2.08. The molecular weight excluding hydrogens is 368 g/mol. The van der Waals surface area contributed by atoms with Crippen LogP contribution in [-0.2, 0) is 9.53 Å². The van der Waals surface area contributed by atoms with Crippen LogP contribution in [0.25, 0.3) is 0 Å². The second-order valence-electron chi connectivity index (χ2n) is 8.78. The van der Waals surface area contributed by atoms with Crippen molar-refractivity contribution in [2.24, 2.45) is 5.41 Å². The topological polar surface area (TPSA) is 84.5 Å². The van der Waals surface area contributed by atoms with Gasteiger partial charge < -0.3 is 15.4 Å². The van der Waals surface area contributed by atoms with Crippen LogP contribution in [0.1, 0.15) is 57.3 Å². The van der Waals surface area contributed by atoms with Gasteiger partial charge in [0.1, 0.15) is 5.60 Å². The maximum Gasteiger partial charge on any atom is 0.408 e. The van der Waals surface area contributed by atoms with E-state index in [-0.39, 0.29) is 17.2 Å². The lowest BCUT2D eigenvalue weighted by atomic mass is 9.39. The van der Waals surface area contributed by atoms with Crippen LogP contribution < -0.4 is 10.6 Å². The summed E-state index contributed by atoms with van der Waals surface area (Å²) in [6, 6.07) is 5.97. The molecule has 6 nitrogen and oxygen atoms in total. The summed E-state index contributed by atoms with van der Waals surface area (Å²) in [5, 5.41) is 6.25. The highest BCUT2D eigenvalue weighted by Crippen LogP contribution is 2.67. The molecule has 1 atom stereocenters. The smallest absolute Gasteiger partial charge is 0.408 e. The quantitative estimate of drug-likeness (QED) is 0.751. The van der Waals surface area contributed by atoms with Crippen LogP contribution in [0.5, 0.6) is 0 Å². The van der Waals surface area contributed by atoms with Crippen LogP contribution in [0, 0.1) is 5.41 Å². The highest BCUT2D eigenvalue weighted by atomic mass is 35.5. The van der Waals surface area contributed by atoms with Gasteiger partial charge >= 0.3 is 6.09 Å². The summed E-state index contributed by atoms with van der Waals surface area (Å²) >= 11 is 5.84. The minimum atomic E-state index is -0.623. The maximum atomic E-state index is 12.6. The first-order valence-corrected chi connectivity index (χ1v) is 9.43. The van der Waals surface area contributed by atoms with E-state index < -0.39 is 23.2 Å². The molecule has 3 fully saturated rings. The van der Waals surface area contributed by atoms with Crippen LogP contribution in [0.15, 0.2) is 24.3 Å². The Bertz CT molecular complexity index is 762. The summed E-state index contributed by atoms with van der Waals surface area (Å²) in [7, 11) is 0. The molecule has 0 radical (unpaired) electrons. The number of carbonyl (C=O) groups excluding carboxylic acids is 3. The number of carbonyl (C=O) groups is 3. The first-order valence-electron chi connectivity index (χ1n) is 9.06. The van der Waals surface area contributed by atoms with Crippen LogP contribution >= 0.6 is 11.6 Å². The molecule has 0 heterocycles. The van der Waals surface area contributed by atoms with Crippen LogP contribution in [0.4, 0.5) is 4.79 Å². The third-order valence-corrected chi connectivity index (χ3v) is 5.40. The number of hydrogen-bond donors (Lipinski definition) is 2. The molecule has 3 saturated carbocycles. The number of amides is 2. The lowest BCUT2D eigenvalue weighted by molar-refractivity contribution is -0.180. The van der Waals surface area contributed by atoms with Gasteiger partial charge in [0, 0.05) is 16.1 Å². The van der Waals surface area contributed by atoms with Crippen LogP contribution in [0.3, 0.4) is 0 Å². The summed E-state index contributed by atoms with van der Waals surface area (Å²) in [6.45, 7) is 7.10. The van der Waals surface area contributed by atoms with E-state index in [2.05, 4.69) is 10.6 Å². The van der Waals surface area contributed by atoms with Crippen molar-refractivity contribution < 1.29 is 19.1 Å². The number of rotatable bonds is 5. The number of Topliss-reactive ketones (excluding diaryl/α,β-unsaturated/α-hetero) is 1. The standard InChI is InChI=1S/C20H25ClN2O4/c1-12(15(24)13-5-7-14(21)8-6-13)22-16(25)19-9-20(10-19,11-19)23-17(26)27-18(2,3)4/h5-8,12H,9-11H2,1-4H3,(H,22,25)(H,23,26). The Morgan fingerprint density at radius 1 is 1.11 bits per heavy atom. The number of alkyl carbamates (subject to hydrolysis) is 1. The number of nitrogens with one attached hydrogen (secondary N) is 2. The normalized spacial score (nSPS) is 26.9. The molecule has 0 aliphatic heterocycles. The van der Waals surface area contributed by atoms with E-state index in [0.29, 0.717) is 29.8 Å². The molecule has 0 saturated heterocycles. The van der Waals surface area contributed by atoms with Crippen molar-refractivity contribution in [2.45, 2.75) is 64.1 Å². The highest BCUT2D eigenvalue weighted by molar-refractivity contribution is 6.30. The van der Waals surface area contributed by atoms with Gasteiger partial charge in [0.05, 0.1) is 11.5 Å². The third-order valence-electron chi connectivity index (χ3n) is 5.15. The Labute approximate surface area is 164 Å². The molecule has 0 spiro atoms. The van der Waals surface area contributed by atoms with Gasteiger partial charge in [-0.1, -0.05) is 11.6 Å². The van der Waals surface area contributed by atoms with Crippen molar-refractivity contribution >= 4 is 29.4 Å². The minimum absolute atomic E-state index is 0.134. The summed E-state index contributed by atoms with van der Waals surface area (Å²) in [5.41, 5.74) is -0.875. The molecule has 4 rings (SSSR count). The van der Waals surface area contributed by atoms with Crippen molar-refractivity contribution in [3.05, 3.63) is 34.9 Å². The molecule has 1 aromatic rings. The van der Waals surface area contributed by atoms with Gasteiger partial charge in [-0.3, -0.25) is 9.59 Å². The van der Waals surface area contributed by atoms with Gasteiger partial charge in [-0.2, -0.15) is 0 Å². The first kappa shape index (κ1) is 19.7. The van der Waals surface area contributed by atoms with E-state index in [4.69, 9.17) is 16.3 Å². The van der Waals surface area contributed by atoms with Crippen molar-refractivity contribution in [3.63, 3.8) is 0 Å². The second kappa shape index (κ2) is 6.51. The summed E-state index contributed by atoms with van der Waals surface area (Å²) in [4.78, 5) is 37.0. The van der Waals surface area contributed by atoms with Crippen molar-refractivity contribution in [1.29, 1.82) is 0 Å². The average molecular weight is 393 g/mol. The minimum Gasteiger partial charge on any atom is -0.444 e. The Balaban J connectivity index is 1.50. The fraction of sp³-hybridized carbons (Fsp3) is 0.550. The van der Waals surface area contributed by atoms with Gasteiger partial charge in [0.2, 0.25) is 5.91 Å². The predicted molar refractivity (Wildman–Crippen MR) is 102 cm³/mol. The summed E-state index contributed by atoms with van der Waals surface area (Å²) in [5.74, 6) is -0.293. The number of benzene rings is 1. The molecule has 27 heavy (non-hydrogen) atoms. The molecular formula is C20H25ClN2O4. The SMILES string of the molecule is CC(NC(=O)C12CC(NC(=O)OC(C)(C)C)(C1)C2)C(=O)c1ccc(Cl)cc1. The predicted octanol–water partition coefficient (Wildman–Crippen LogP) is 3.47. The van der Waals surface area contributed by atoms with E-state index >= 15 is 0 Å². The van der Waals surface area contributed by atoms with Gasteiger partial charge in [-0.05, 0) is 71.2 Å². The van der Waals surface area contributed by atoms with Crippen molar-refractivity contribution in [3.8, 4) is 0 Å². The molecule has 0 aromatic heterocycles. The summed E-state index contributed by atoms with van der Waals surface area (Å²) in [6.07, 6.45) is 1.27. The fourth-order valence-corrected chi connectivity index (χ4v) is 4.09. The first-order chi connectivity index (χ1) is 12.4. The largest absolute Gasteiger partial charge is 0.444 e. The van der Waals surface area contributed by atoms with Crippen molar-refractivity contribution in [1.82, 2.24) is 10.6 Å². The number of ether oxygens (including phenoxy) is 1. The van der Waals surface area contributed by atoms with Gasteiger partial charge in [-0.15, -0.1) is 0 Å². The van der Waals surface area contributed by atoms with Gasteiger partial charge in [0.15, 0.2) is 5.78 Å². The highest BCUT2D eigenvalue weighted by Gasteiger charge is 2.72. The third kappa shape index (κ3) is 3.95. The monoisotopic (exact) mass is 392 g/mol. The van der Waals surface area contributed by atoms with Crippen molar-refractivity contribution in [2.75, 3.05) is 0 Å². The van der Waals surface area contributed by atoms with Crippen LogP contribution in [0.2, 0.25) is 5.02 Å². The van der Waals surface area contributed by atoms with E-state index in [0.717, 1.165) is 0 Å². The molecule has 2 N–H and O–H groups in total. The van der Waals surface area contributed by atoms with E-state index in [1.807, 2.05) is 20.8 Å². The average Bonchev–Trinajstić information content (AvgIpc) is 2.47.